The quantitative estimate of drug-likeness (QED) is 0.763. The van der Waals surface area contributed by atoms with Crippen molar-refractivity contribution in [3.8, 4) is 0 Å². The summed E-state index contributed by atoms with van der Waals surface area (Å²) < 4.78 is 0. The lowest BCUT2D eigenvalue weighted by Gasteiger charge is -2.03. The minimum absolute atomic E-state index is 0.0323. The zero-order chi connectivity index (χ0) is 10.4. The number of halogens is 1. The number of carbonyl (C=O) groups is 1. The van der Waals surface area contributed by atoms with Gasteiger partial charge in [0.2, 0.25) is 0 Å². The first-order valence-corrected chi connectivity index (χ1v) is 5.15. The molecule has 0 heterocycles. The van der Waals surface area contributed by atoms with Crippen LogP contribution in [0.15, 0.2) is 24.3 Å². The van der Waals surface area contributed by atoms with Crippen molar-refractivity contribution in [2.75, 3.05) is 6.54 Å². The maximum absolute atomic E-state index is 11.5. The van der Waals surface area contributed by atoms with Crippen molar-refractivity contribution in [2.45, 2.75) is 19.8 Å². The molecule has 3 heteroatoms. The zero-order valence-electron chi connectivity index (χ0n) is 8.22. The van der Waals surface area contributed by atoms with Crippen LogP contribution < -0.4 is 5.32 Å². The molecule has 1 rings (SSSR count). The zero-order valence-corrected chi connectivity index (χ0v) is 8.97. The summed E-state index contributed by atoms with van der Waals surface area (Å²) in [5, 5.41) is 3.49. The summed E-state index contributed by atoms with van der Waals surface area (Å²) in [5.74, 6) is -0.0323. The van der Waals surface area contributed by atoms with Gasteiger partial charge in [-0.2, -0.15) is 0 Å². The van der Waals surface area contributed by atoms with E-state index in [1.165, 1.54) is 0 Å². The number of nitrogens with one attached hydrogen (secondary N) is 1. The lowest BCUT2D eigenvalue weighted by Crippen LogP contribution is -2.24. The summed E-state index contributed by atoms with van der Waals surface area (Å²) in [5.41, 5.74) is 0.658. The second-order valence-corrected chi connectivity index (χ2v) is 3.55. The van der Waals surface area contributed by atoms with Gasteiger partial charge in [-0.25, -0.2) is 0 Å². The van der Waals surface area contributed by atoms with E-state index in [0.717, 1.165) is 19.4 Å². The molecule has 0 saturated heterocycles. The number of amides is 1. The molecule has 0 spiro atoms. The molecule has 1 N–H and O–H groups in total. The topological polar surface area (TPSA) is 29.1 Å². The standard InChI is InChI=1S/C11H14ClNO/c1-2-3-8-13-11(14)9-4-6-10(12)7-5-9/h4-7H,2-3,8H2,1H3,(H,13,14). The van der Waals surface area contributed by atoms with Gasteiger partial charge >= 0.3 is 0 Å². The average molecular weight is 212 g/mol. The molecule has 0 aliphatic carbocycles. The fourth-order valence-electron chi connectivity index (χ4n) is 1.08. The molecule has 0 radical (unpaired) electrons. The van der Waals surface area contributed by atoms with Crippen LogP contribution in [0.3, 0.4) is 0 Å². The van der Waals surface area contributed by atoms with Crippen molar-refractivity contribution >= 4 is 17.5 Å². The molecule has 1 aromatic rings. The van der Waals surface area contributed by atoms with E-state index in [1.54, 1.807) is 24.3 Å². The highest BCUT2D eigenvalue weighted by Crippen LogP contribution is 2.09. The van der Waals surface area contributed by atoms with Crippen LogP contribution in [-0.4, -0.2) is 12.5 Å². The Morgan fingerprint density at radius 1 is 1.36 bits per heavy atom. The maximum atomic E-state index is 11.5. The summed E-state index contributed by atoms with van der Waals surface area (Å²) in [6.07, 6.45) is 2.10. The summed E-state index contributed by atoms with van der Waals surface area (Å²) in [6, 6.07) is 6.89. The third-order valence-corrected chi connectivity index (χ3v) is 2.17. The SMILES string of the molecule is CCCCNC(=O)c1ccc(Cl)cc1. The monoisotopic (exact) mass is 211 g/mol. The van der Waals surface area contributed by atoms with E-state index < -0.39 is 0 Å². The van der Waals surface area contributed by atoms with Crippen LogP contribution in [0.4, 0.5) is 0 Å². The third-order valence-electron chi connectivity index (χ3n) is 1.92. The van der Waals surface area contributed by atoms with Crippen LogP contribution in [-0.2, 0) is 0 Å². The second-order valence-electron chi connectivity index (χ2n) is 3.12. The molecular formula is C11H14ClNO. The number of benzene rings is 1. The van der Waals surface area contributed by atoms with E-state index in [0.29, 0.717) is 10.6 Å². The average Bonchev–Trinajstić information content (AvgIpc) is 2.19. The Hall–Kier alpha value is -1.02. The predicted molar refractivity (Wildman–Crippen MR) is 58.7 cm³/mol. The second kappa shape index (κ2) is 5.66. The number of unbranched alkanes of at least 4 members (excludes halogenated alkanes) is 1. The molecule has 0 unspecified atom stereocenters. The molecular weight excluding hydrogens is 198 g/mol. The van der Waals surface area contributed by atoms with Crippen molar-refractivity contribution in [3.05, 3.63) is 34.9 Å². The van der Waals surface area contributed by atoms with E-state index in [2.05, 4.69) is 12.2 Å². The fraction of sp³-hybridized carbons (Fsp3) is 0.364. The minimum Gasteiger partial charge on any atom is -0.352 e. The molecule has 14 heavy (non-hydrogen) atoms. The van der Waals surface area contributed by atoms with E-state index in [-0.39, 0.29) is 5.91 Å². The Bertz CT molecular complexity index is 295. The van der Waals surface area contributed by atoms with Gasteiger partial charge in [-0.1, -0.05) is 24.9 Å². The smallest absolute Gasteiger partial charge is 0.251 e. The van der Waals surface area contributed by atoms with Crippen molar-refractivity contribution in [1.82, 2.24) is 5.32 Å². The van der Waals surface area contributed by atoms with Crippen LogP contribution in [0.1, 0.15) is 30.1 Å². The van der Waals surface area contributed by atoms with Gasteiger partial charge < -0.3 is 5.32 Å². The van der Waals surface area contributed by atoms with E-state index in [4.69, 9.17) is 11.6 Å². The van der Waals surface area contributed by atoms with Crippen LogP contribution in [0, 0.1) is 0 Å². The number of hydrogen-bond acceptors (Lipinski definition) is 1. The lowest BCUT2D eigenvalue weighted by molar-refractivity contribution is 0.0953. The molecule has 0 aliphatic rings. The Balaban J connectivity index is 2.48. The van der Waals surface area contributed by atoms with Gasteiger partial charge in [0.15, 0.2) is 0 Å². The van der Waals surface area contributed by atoms with Gasteiger partial charge in [-0.05, 0) is 30.7 Å². The largest absolute Gasteiger partial charge is 0.352 e. The number of carbonyl (C=O) groups excluding carboxylic acids is 1. The third kappa shape index (κ3) is 3.38. The first kappa shape index (κ1) is 11.1. The highest BCUT2D eigenvalue weighted by Gasteiger charge is 2.02. The van der Waals surface area contributed by atoms with Crippen molar-refractivity contribution < 1.29 is 4.79 Å². The first-order chi connectivity index (χ1) is 6.74. The van der Waals surface area contributed by atoms with Crippen LogP contribution in [0.25, 0.3) is 0 Å². The summed E-state index contributed by atoms with van der Waals surface area (Å²) in [7, 11) is 0. The molecule has 0 saturated carbocycles. The van der Waals surface area contributed by atoms with Crippen molar-refractivity contribution in [3.63, 3.8) is 0 Å². The van der Waals surface area contributed by atoms with Crippen LogP contribution >= 0.6 is 11.6 Å². The Labute approximate surface area is 89.3 Å². The molecule has 0 bridgehead atoms. The number of hydrogen-bond donors (Lipinski definition) is 1. The molecule has 1 aromatic carbocycles. The van der Waals surface area contributed by atoms with Crippen molar-refractivity contribution in [2.24, 2.45) is 0 Å². The lowest BCUT2D eigenvalue weighted by atomic mass is 10.2. The molecule has 1 amide bonds. The molecule has 0 aliphatic heterocycles. The Morgan fingerprint density at radius 3 is 2.57 bits per heavy atom. The minimum atomic E-state index is -0.0323. The molecule has 76 valence electrons. The first-order valence-electron chi connectivity index (χ1n) is 4.78. The highest BCUT2D eigenvalue weighted by atomic mass is 35.5. The predicted octanol–water partition coefficient (Wildman–Crippen LogP) is 2.87. The van der Waals surface area contributed by atoms with Gasteiger partial charge in [0.05, 0.1) is 0 Å². The van der Waals surface area contributed by atoms with Crippen LogP contribution in [0.2, 0.25) is 5.02 Å². The van der Waals surface area contributed by atoms with Crippen LogP contribution in [0.5, 0.6) is 0 Å². The van der Waals surface area contributed by atoms with E-state index in [9.17, 15) is 4.79 Å². The van der Waals surface area contributed by atoms with Gasteiger partial charge in [-0.3, -0.25) is 4.79 Å². The normalized spacial score (nSPS) is 9.86. The van der Waals surface area contributed by atoms with Gasteiger partial charge in [-0.15, -0.1) is 0 Å². The van der Waals surface area contributed by atoms with Gasteiger partial charge in [0, 0.05) is 17.1 Å². The summed E-state index contributed by atoms with van der Waals surface area (Å²) >= 11 is 5.71. The molecule has 0 atom stereocenters. The summed E-state index contributed by atoms with van der Waals surface area (Å²) in [6.45, 7) is 2.83. The summed E-state index contributed by atoms with van der Waals surface area (Å²) in [4.78, 5) is 11.5. The fourth-order valence-corrected chi connectivity index (χ4v) is 1.21. The Kier molecular flexibility index (Phi) is 4.47. The molecule has 0 fully saturated rings. The van der Waals surface area contributed by atoms with E-state index >= 15 is 0 Å². The molecule has 2 nitrogen and oxygen atoms in total. The maximum Gasteiger partial charge on any atom is 0.251 e. The van der Waals surface area contributed by atoms with E-state index in [1.807, 2.05) is 0 Å². The Morgan fingerprint density at radius 2 is 2.00 bits per heavy atom. The van der Waals surface area contributed by atoms with Gasteiger partial charge in [0.25, 0.3) is 5.91 Å². The molecule has 0 aromatic heterocycles. The van der Waals surface area contributed by atoms with Gasteiger partial charge in [0.1, 0.15) is 0 Å². The number of rotatable bonds is 4. The highest BCUT2D eigenvalue weighted by molar-refractivity contribution is 6.30. The van der Waals surface area contributed by atoms with Crippen molar-refractivity contribution in [1.29, 1.82) is 0 Å².